The molecule has 0 radical (unpaired) electrons. The van der Waals surface area contributed by atoms with Gasteiger partial charge in [0.15, 0.2) is 5.78 Å². The number of benzene rings is 1. The quantitative estimate of drug-likeness (QED) is 0.642. The molecular formula is C20H30O. The third kappa shape index (κ3) is 3.56. The Morgan fingerprint density at radius 2 is 1.43 bits per heavy atom. The Bertz CT molecular complexity index is 526. The first-order chi connectivity index (χ1) is 9.70. The highest BCUT2D eigenvalue weighted by Crippen LogP contribution is 2.40. The molecule has 1 aromatic rings. The molecule has 1 nitrogen and oxygen atoms in total. The highest BCUT2D eigenvalue weighted by molar-refractivity contribution is 5.99. The molecule has 0 amide bonds. The Kier molecular flexibility index (Phi) is 4.60. The Hall–Kier alpha value is -1.11. The van der Waals surface area contributed by atoms with Gasteiger partial charge in [0.2, 0.25) is 0 Å². The van der Waals surface area contributed by atoms with Crippen LogP contribution < -0.4 is 0 Å². The molecule has 1 fully saturated rings. The van der Waals surface area contributed by atoms with Crippen molar-refractivity contribution in [1.29, 1.82) is 0 Å². The smallest absolute Gasteiger partial charge is 0.166 e. The molecular weight excluding hydrogens is 256 g/mol. The Labute approximate surface area is 130 Å². The fourth-order valence-electron chi connectivity index (χ4n) is 3.67. The molecule has 0 spiro atoms. The molecule has 1 heteroatoms. The number of hydrogen-bond donors (Lipinski definition) is 0. The van der Waals surface area contributed by atoms with Gasteiger partial charge in [-0.2, -0.15) is 0 Å². The zero-order valence-corrected chi connectivity index (χ0v) is 14.5. The summed E-state index contributed by atoms with van der Waals surface area (Å²) in [5, 5.41) is 0. The number of rotatable bonds is 2. The number of Topliss-reactive ketones (excluding diaryl/α,β-unsaturated/α-hetero) is 1. The minimum atomic E-state index is 0.240. The van der Waals surface area contributed by atoms with E-state index in [0.29, 0.717) is 11.2 Å². The van der Waals surface area contributed by atoms with Crippen LogP contribution in [0.25, 0.3) is 0 Å². The van der Waals surface area contributed by atoms with E-state index in [1.54, 1.807) is 0 Å². The van der Waals surface area contributed by atoms with Crippen molar-refractivity contribution in [3.05, 3.63) is 34.4 Å². The molecule has 0 unspecified atom stereocenters. The van der Waals surface area contributed by atoms with E-state index in [-0.39, 0.29) is 5.92 Å². The molecule has 0 N–H and O–H groups in total. The van der Waals surface area contributed by atoms with E-state index in [4.69, 9.17) is 0 Å². The maximum Gasteiger partial charge on any atom is 0.166 e. The SMILES string of the molecule is Cc1cc(C)c(C(=O)C2CCC(C(C)(C)C)CC2)cc1C. The topological polar surface area (TPSA) is 17.1 Å². The normalized spacial score (nSPS) is 23.1. The van der Waals surface area contributed by atoms with Gasteiger partial charge in [0, 0.05) is 11.5 Å². The van der Waals surface area contributed by atoms with E-state index in [1.807, 2.05) is 0 Å². The van der Waals surface area contributed by atoms with Gasteiger partial charge in [-0.1, -0.05) is 26.8 Å². The van der Waals surface area contributed by atoms with Crippen LogP contribution in [0.4, 0.5) is 0 Å². The summed E-state index contributed by atoms with van der Waals surface area (Å²) in [6, 6.07) is 4.26. The zero-order chi connectivity index (χ0) is 15.8. The fourth-order valence-corrected chi connectivity index (χ4v) is 3.67. The first-order valence-corrected chi connectivity index (χ1v) is 8.32. The number of hydrogen-bond acceptors (Lipinski definition) is 1. The number of carbonyl (C=O) groups excluding carboxylic acids is 1. The molecule has 0 heterocycles. The summed E-state index contributed by atoms with van der Waals surface area (Å²) < 4.78 is 0. The molecule has 0 aromatic heterocycles. The molecule has 1 saturated carbocycles. The van der Waals surface area contributed by atoms with Crippen LogP contribution in [0.15, 0.2) is 12.1 Å². The maximum atomic E-state index is 12.8. The van der Waals surface area contributed by atoms with Gasteiger partial charge in [-0.25, -0.2) is 0 Å². The molecule has 1 aliphatic carbocycles. The van der Waals surface area contributed by atoms with Crippen molar-refractivity contribution in [2.75, 3.05) is 0 Å². The largest absolute Gasteiger partial charge is 0.294 e. The van der Waals surface area contributed by atoms with Gasteiger partial charge in [0.1, 0.15) is 0 Å². The third-order valence-corrected chi connectivity index (χ3v) is 5.43. The van der Waals surface area contributed by atoms with Crippen LogP contribution in [-0.4, -0.2) is 5.78 Å². The average molecular weight is 286 g/mol. The second-order valence-electron chi connectivity index (χ2n) is 8.03. The summed E-state index contributed by atoms with van der Waals surface area (Å²) in [5.41, 5.74) is 4.98. The van der Waals surface area contributed by atoms with Gasteiger partial charge in [0.05, 0.1) is 0 Å². The van der Waals surface area contributed by atoms with Crippen LogP contribution in [0.5, 0.6) is 0 Å². The standard InChI is InChI=1S/C20H30O/c1-13-11-15(3)18(12-14(13)2)19(21)16-7-9-17(10-8-16)20(4,5)6/h11-12,16-17H,7-10H2,1-6H3. The molecule has 21 heavy (non-hydrogen) atoms. The van der Waals surface area contributed by atoms with E-state index in [0.717, 1.165) is 29.9 Å². The second-order valence-corrected chi connectivity index (χ2v) is 8.03. The first-order valence-electron chi connectivity index (χ1n) is 8.32. The fraction of sp³-hybridized carbons (Fsp3) is 0.650. The van der Waals surface area contributed by atoms with Crippen LogP contribution in [-0.2, 0) is 0 Å². The minimum absolute atomic E-state index is 0.240. The molecule has 2 rings (SSSR count). The van der Waals surface area contributed by atoms with E-state index in [1.165, 1.54) is 24.0 Å². The Morgan fingerprint density at radius 3 is 1.95 bits per heavy atom. The van der Waals surface area contributed by atoms with Crippen molar-refractivity contribution in [3.8, 4) is 0 Å². The summed E-state index contributed by atoms with van der Waals surface area (Å²) in [5.74, 6) is 1.38. The van der Waals surface area contributed by atoms with Gasteiger partial charge in [-0.15, -0.1) is 0 Å². The van der Waals surface area contributed by atoms with Gasteiger partial charge in [-0.3, -0.25) is 4.79 Å². The summed E-state index contributed by atoms with van der Waals surface area (Å²) >= 11 is 0. The highest BCUT2D eigenvalue weighted by Gasteiger charge is 2.33. The van der Waals surface area contributed by atoms with Crippen LogP contribution in [0.2, 0.25) is 0 Å². The molecule has 0 bridgehead atoms. The van der Waals surface area contributed by atoms with Gasteiger partial charge >= 0.3 is 0 Å². The van der Waals surface area contributed by atoms with Crippen molar-refractivity contribution < 1.29 is 4.79 Å². The highest BCUT2D eigenvalue weighted by atomic mass is 16.1. The average Bonchev–Trinajstić information content (AvgIpc) is 2.41. The van der Waals surface area contributed by atoms with Gasteiger partial charge in [0.25, 0.3) is 0 Å². The van der Waals surface area contributed by atoms with Crippen molar-refractivity contribution in [2.24, 2.45) is 17.3 Å². The van der Waals surface area contributed by atoms with Crippen LogP contribution in [0.3, 0.4) is 0 Å². The van der Waals surface area contributed by atoms with E-state index in [9.17, 15) is 4.79 Å². The number of carbonyl (C=O) groups is 1. The lowest BCUT2D eigenvalue weighted by Crippen LogP contribution is -2.29. The summed E-state index contributed by atoms with van der Waals surface area (Å²) in [6.45, 7) is 13.3. The summed E-state index contributed by atoms with van der Waals surface area (Å²) in [7, 11) is 0. The van der Waals surface area contributed by atoms with Gasteiger partial charge in [-0.05, 0) is 80.5 Å². The number of ketones is 1. The molecule has 0 atom stereocenters. The van der Waals surface area contributed by atoms with Crippen molar-refractivity contribution >= 4 is 5.78 Å². The molecule has 1 aromatic carbocycles. The molecule has 0 saturated heterocycles. The monoisotopic (exact) mass is 286 g/mol. The number of aryl methyl sites for hydroxylation is 3. The molecule has 1 aliphatic rings. The van der Waals surface area contributed by atoms with Crippen molar-refractivity contribution in [1.82, 2.24) is 0 Å². The predicted molar refractivity (Wildman–Crippen MR) is 89.9 cm³/mol. The van der Waals surface area contributed by atoms with Crippen LogP contribution in [0, 0.1) is 38.0 Å². The predicted octanol–water partition coefficient (Wildman–Crippen LogP) is 5.65. The summed E-state index contributed by atoms with van der Waals surface area (Å²) in [6.07, 6.45) is 4.52. The Morgan fingerprint density at radius 1 is 0.905 bits per heavy atom. The third-order valence-electron chi connectivity index (χ3n) is 5.43. The van der Waals surface area contributed by atoms with E-state index in [2.05, 4.69) is 53.7 Å². The summed E-state index contributed by atoms with van der Waals surface area (Å²) in [4.78, 5) is 12.8. The van der Waals surface area contributed by atoms with Gasteiger partial charge < -0.3 is 0 Å². The molecule has 0 aliphatic heterocycles. The van der Waals surface area contributed by atoms with Crippen molar-refractivity contribution in [2.45, 2.75) is 67.2 Å². The Balaban J connectivity index is 2.11. The lowest BCUT2D eigenvalue weighted by Gasteiger charge is -2.36. The first kappa shape index (κ1) is 16.3. The van der Waals surface area contributed by atoms with E-state index < -0.39 is 0 Å². The maximum absolute atomic E-state index is 12.8. The minimum Gasteiger partial charge on any atom is -0.294 e. The lowest BCUT2D eigenvalue weighted by molar-refractivity contribution is 0.0819. The van der Waals surface area contributed by atoms with Crippen molar-refractivity contribution in [3.63, 3.8) is 0 Å². The van der Waals surface area contributed by atoms with Crippen LogP contribution in [0.1, 0.15) is 73.5 Å². The molecule has 116 valence electrons. The lowest BCUT2D eigenvalue weighted by atomic mass is 9.68. The second kappa shape index (κ2) is 5.94. The van der Waals surface area contributed by atoms with Crippen LogP contribution >= 0.6 is 0 Å². The van der Waals surface area contributed by atoms with E-state index >= 15 is 0 Å². The zero-order valence-electron chi connectivity index (χ0n) is 14.5.